The van der Waals surface area contributed by atoms with Gasteiger partial charge < -0.3 is 10.2 Å². The summed E-state index contributed by atoms with van der Waals surface area (Å²) in [5.41, 5.74) is -0.854. The highest BCUT2D eigenvalue weighted by Crippen LogP contribution is 2.35. The van der Waals surface area contributed by atoms with Gasteiger partial charge in [-0.05, 0) is 33.6 Å². The first-order valence-corrected chi connectivity index (χ1v) is 5.98. The predicted molar refractivity (Wildman–Crippen MR) is 60.8 cm³/mol. The third-order valence-corrected chi connectivity index (χ3v) is 3.60. The molecule has 2 fully saturated rings. The predicted octanol–water partition coefficient (Wildman–Crippen LogP) is 1.06. The van der Waals surface area contributed by atoms with Crippen molar-refractivity contribution < 1.29 is 9.59 Å². The molecule has 16 heavy (non-hydrogen) atoms. The van der Waals surface area contributed by atoms with Crippen LogP contribution in [0.25, 0.3) is 0 Å². The van der Waals surface area contributed by atoms with E-state index < -0.39 is 5.54 Å². The van der Waals surface area contributed by atoms with Crippen molar-refractivity contribution in [2.45, 2.75) is 57.5 Å². The Labute approximate surface area is 96.4 Å². The summed E-state index contributed by atoms with van der Waals surface area (Å²) in [4.78, 5) is 25.9. The average molecular weight is 224 g/mol. The van der Waals surface area contributed by atoms with Gasteiger partial charge in [0, 0.05) is 5.54 Å². The van der Waals surface area contributed by atoms with E-state index in [9.17, 15) is 9.59 Å². The lowest BCUT2D eigenvalue weighted by atomic mass is 9.90. The quantitative estimate of drug-likeness (QED) is 0.668. The van der Waals surface area contributed by atoms with E-state index in [1.165, 1.54) is 0 Å². The van der Waals surface area contributed by atoms with Gasteiger partial charge in [0.2, 0.25) is 11.8 Å². The second-order valence-electron chi connectivity index (χ2n) is 5.90. The van der Waals surface area contributed by atoms with E-state index in [0.29, 0.717) is 0 Å². The SMILES string of the molecule is CC(C)(C)N1CC(=O)NC2(CCCC2)C1=O. The molecule has 1 aliphatic heterocycles. The first-order valence-electron chi connectivity index (χ1n) is 5.98. The summed E-state index contributed by atoms with van der Waals surface area (Å²) >= 11 is 0. The molecule has 4 nitrogen and oxygen atoms in total. The van der Waals surface area contributed by atoms with Crippen LogP contribution in [0.2, 0.25) is 0 Å². The summed E-state index contributed by atoms with van der Waals surface area (Å²) in [6.07, 6.45) is 3.66. The molecule has 1 heterocycles. The van der Waals surface area contributed by atoms with E-state index >= 15 is 0 Å². The molecular formula is C12H20N2O2. The van der Waals surface area contributed by atoms with Crippen molar-refractivity contribution in [1.82, 2.24) is 10.2 Å². The number of carbonyl (C=O) groups excluding carboxylic acids is 2. The van der Waals surface area contributed by atoms with Crippen molar-refractivity contribution in [2.24, 2.45) is 0 Å². The molecule has 0 bridgehead atoms. The topological polar surface area (TPSA) is 49.4 Å². The van der Waals surface area contributed by atoms with Crippen molar-refractivity contribution in [3.05, 3.63) is 0 Å². The van der Waals surface area contributed by atoms with Crippen molar-refractivity contribution in [3.63, 3.8) is 0 Å². The smallest absolute Gasteiger partial charge is 0.249 e. The van der Waals surface area contributed by atoms with Gasteiger partial charge in [0.15, 0.2) is 0 Å². The maximum Gasteiger partial charge on any atom is 0.249 e. The van der Waals surface area contributed by atoms with E-state index in [2.05, 4.69) is 5.32 Å². The van der Waals surface area contributed by atoms with Gasteiger partial charge in [-0.25, -0.2) is 0 Å². The van der Waals surface area contributed by atoms with Crippen LogP contribution >= 0.6 is 0 Å². The molecule has 1 spiro atoms. The molecule has 0 aromatic rings. The molecule has 2 aliphatic rings. The molecule has 0 aromatic carbocycles. The third kappa shape index (κ3) is 1.70. The summed E-state index contributed by atoms with van der Waals surface area (Å²) in [7, 11) is 0. The first-order chi connectivity index (χ1) is 7.35. The van der Waals surface area contributed by atoms with Crippen LogP contribution in [0.1, 0.15) is 46.5 Å². The van der Waals surface area contributed by atoms with Gasteiger partial charge >= 0.3 is 0 Å². The fraction of sp³-hybridized carbons (Fsp3) is 0.833. The van der Waals surface area contributed by atoms with Crippen LogP contribution in [-0.2, 0) is 9.59 Å². The lowest BCUT2D eigenvalue weighted by Gasteiger charge is -2.45. The third-order valence-electron chi connectivity index (χ3n) is 3.60. The summed E-state index contributed by atoms with van der Waals surface area (Å²) in [6, 6.07) is 0. The van der Waals surface area contributed by atoms with E-state index in [4.69, 9.17) is 0 Å². The standard InChI is InChI=1S/C12H20N2O2/c1-11(2,3)14-8-9(15)13-12(10(14)16)6-4-5-7-12/h4-8H2,1-3H3,(H,13,15). The lowest BCUT2D eigenvalue weighted by Crippen LogP contribution is -2.68. The van der Waals surface area contributed by atoms with Crippen molar-refractivity contribution in [1.29, 1.82) is 0 Å². The Morgan fingerprint density at radius 1 is 1.19 bits per heavy atom. The van der Waals surface area contributed by atoms with Gasteiger partial charge in [-0.2, -0.15) is 0 Å². The maximum absolute atomic E-state index is 12.5. The minimum atomic E-state index is -0.581. The zero-order valence-corrected chi connectivity index (χ0v) is 10.3. The summed E-state index contributed by atoms with van der Waals surface area (Å²) in [6.45, 7) is 6.13. The second kappa shape index (κ2) is 3.47. The average Bonchev–Trinajstić information content (AvgIpc) is 2.59. The largest absolute Gasteiger partial charge is 0.340 e. The number of amides is 2. The molecule has 4 heteroatoms. The molecule has 0 aromatic heterocycles. The molecule has 2 amide bonds. The highest BCUT2D eigenvalue weighted by atomic mass is 16.2. The maximum atomic E-state index is 12.5. The van der Waals surface area contributed by atoms with Crippen molar-refractivity contribution >= 4 is 11.8 Å². The van der Waals surface area contributed by atoms with Gasteiger partial charge in [-0.1, -0.05) is 12.8 Å². The number of carbonyl (C=O) groups is 2. The molecule has 1 N–H and O–H groups in total. The molecule has 1 saturated carbocycles. The fourth-order valence-corrected chi connectivity index (χ4v) is 2.69. The van der Waals surface area contributed by atoms with Crippen LogP contribution in [0, 0.1) is 0 Å². The van der Waals surface area contributed by atoms with Crippen LogP contribution in [0.4, 0.5) is 0 Å². The summed E-state index contributed by atoms with van der Waals surface area (Å²) < 4.78 is 0. The summed E-state index contributed by atoms with van der Waals surface area (Å²) in [5.74, 6) is 0.0912. The number of hydrogen-bond donors (Lipinski definition) is 1. The molecule has 0 unspecified atom stereocenters. The van der Waals surface area contributed by atoms with E-state index in [-0.39, 0.29) is 23.9 Å². The van der Waals surface area contributed by atoms with E-state index in [1.807, 2.05) is 20.8 Å². The molecule has 0 radical (unpaired) electrons. The zero-order valence-electron chi connectivity index (χ0n) is 10.3. The Morgan fingerprint density at radius 3 is 2.25 bits per heavy atom. The first kappa shape index (κ1) is 11.4. The number of rotatable bonds is 0. The Bertz CT molecular complexity index is 324. The van der Waals surface area contributed by atoms with Gasteiger partial charge in [0.05, 0.1) is 0 Å². The number of nitrogens with one attached hydrogen (secondary N) is 1. The number of hydrogen-bond acceptors (Lipinski definition) is 2. The highest BCUT2D eigenvalue weighted by molar-refractivity contribution is 5.98. The van der Waals surface area contributed by atoms with E-state index in [1.54, 1.807) is 4.90 Å². The van der Waals surface area contributed by atoms with Crippen molar-refractivity contribution in [3.8, 4) is 0 Å². The van der Waals surface area contributed by atoms with Crippen molar-refractivity contribution in [2.75, 3.05) is 6.54 Å². The Kier molecular flexibility index (Phi) is 2.48. The van der Waals surface area contributed by atoms with Crippen LogP contribution in [0.15, 0.2) is 0 Å². The molecule has 1 aliphatic carbocycles. The minimum absolute atomic E-state index is 0.0172. The van der Waals surface area contributed by atoms with Gasteiger partial charge in [-0.15, -0.1) is 0 Å². The van der Waals surface area contributed by atoms with Gasteiger partial charge in [-0.3, -0.25) is 9.59 Å². The minimum Gasteiger partial charge on any atom is -0.340 e. The number of nitrogens with zero attached hydrogens (tertiary/aromatic N) is 1. The van der Waals surface area contributed by atoms with Crippen LogP contribution in [0.5, 0.6) is 0 Å². The second-order valence-corrected chi connectivity index (χ2v) is 5.90. The molecule has 1 saturated heterocycles. The molecule has 90 valence electrons. The summed E-state index contributed by atoms with van der Waals surface area (Å²) in [5, 5.41) is 2.91. The van der Waals surface area contributed by atoms with Crippen LogP contribution in [-0.4, -0.2) is 34.3 Å². The van der Waals surface area contributed by atoms with E-state index in [0.717, 1.165) is 25.7 Å². The Balaban J connectivity index is 2.30. The van der Waals surface area contributed by atoms with Gasteiger partial charge in [0.1, 0.15) is 12.1 Å². The Morgan fingerprint density at radius 2 is 1.75 bits per heavy atom. The van der Waals surface area contributed by atoms with Crippen LogP contribution in [0.3, 0.4) is 0 Å². The number of piperazine rings is 1. The monoisotopic (exact) mass is 224 g/mol. The highest BCUT2D eigenvalue weighted by Gasteiger charge is 2.50. The molecular weight excluding hydrogens is 204 g/mol. The molecule has 0 atom stereocenters. The van der Waals surface area contributed by atoms with Gasteiger partial charge in [0.25, 0.3) is 0 Å². The Hall–Kier alpha value is -1.06. The van der Waals surface area contributed by atoms with Crippen LogP contribution < -0.4 is 5.32 Å². The lowest BCUT2D eigenvalue weighted by molar-refractivity contribution is -0.154. The molecule has 2 rings (SSSR count). The zero-order chi connectivity index (χ0) is 12.0. The fourth-order valence-electron chi connectivity index (χ4n) is 2.69. The normalized spacial score (nSPS) is 25.1.